The van der Waals surface area contributed by atoms with Crippen LogP contribution in [-0.2, 0) is 21.1 Å². The van der Waals surface area contributed by atoms with Crippen LogP contribution in [0, 0.1) is 0 Å². The van der Waals surface area contributed by atoms with Gasteiger partial charge in [0.25, 0.3) is 0 Å². The SMILES string of the molecule is CS(=O)(=O)c1ccc(CC(=O)N2CCN(C(c3ccccc3)c3ccccc3)CC2)cc1. The summed E-state index contributed by atoms with van der Waals surface area (Å²) in [7, 11) is -3.23. The molecule has 3 aromatic carbocycles. The van der Waals surface area contributed by atoms with Crippen LogP contribution in [0.2, 0.25) is 0 Å². The fourth-order valence-corrected chi connectivity index (χ4v) is 4.89. The van der Waals surface area contributed by atoms with Gasteiger partial charge in [0.15, 0.2) is 9.84 Å². The monoisotopic (exact) mass is 448 g/mol. The number of piperazine rings is 1. The third-order valence-corrected chi connectivity index (χ3v) is 7.10. The molecule has 0 atom stereocenters. The van der Waals surface area contributed by atoms with Crippen LogP contribution in [0.4, 0.5) is 0 Å². The molecule has 1 saturated heterocycles. The Hall–Kier alpha value is -2.96. The molecule has 32 heavy (non-hydrogen) atoms. The summed E-state index contributed by atoms with van der Waals surface area (Å²) in [6.07, 6.45) is 1.47. The lowest BCUT2D eigenvalue weighted by Crippen LogP contribution is -2.50. The summed E-state index contributed by atoms with van der Waals surface area (Å²) >= 11 is 0. The highest BCUT2D eigenvalue weighted by Gasteiger charge is 2.28. The second kappa shape index (κ2) is 9.67. The van der Waals surface area contributed by atoms with Gasteiger partial charge in [-0.25, -0.2) is 8.42 Å². The number of carbonyl (C=O) groups is 1. The molecular formula is C26H28N2O3S. The van der Waals surface area contributed by atoms with Crippen molar-refractivity contribution < 1.29 is 13.2 Å². The van der Waals surface area contributed by atoms with E-state index in [9.17, 15) is 13.2 Å². The highest BCUT2D eigenvalue weighted by Crippen LogP contribution is 2.29. The Balaban J connectivity index is 1.42. The minimum Gasteiger partial charge on any atom is -0.340 e. The van der Waals surface area contributed by atoms with Gasteiger partial charge in [-0.2, -0.15) is 0 Å². The van der Waals surface area contributed by atoms with Crippen molar-refractivity contribution in [1.82, 2.24) is 9.80 Å². The van der Waals surface area contributed by atoms with Crippen molar-refractivity contribution in [2.75, 3.05) is 32.4 Å². The molecule has 0 aliphatic carbocycles. The third-order valence-electron chi connectivity index (χ3n) is 5.97. The minimum atomic E-state index is -3.23. The Labute approximate surface area is 190 Å². The van der Waals surface area contributed by atoms with Crippen LogP contribution in [0.1, 0.15) is 22.7 Å². The fourth-order valence-electron chi connectivity index (χ4n) is 4.26. The van der Waals surface area contributed by atoms with Gasteiger partial charge in [-0.3, -0.25) is 9.69 Å². The Bertz CT molecular complexity index is 1100. The quantitative estimate of drug-likeness (QED) is 0.579. The van der Waals surface area contributed by atoms with E-state index >= 15 is 0 Å². The summed E-state index contributed by atoms with van der Waals surface area (Å²) in [5, 5.41) is 0. The normalized spacial score (nSPS) is 15.1. The van der Waals surface area contributed by atoms with E-state index in [4.69, 9.17) is 0 Å². The number of rotatable bonds is 6. The molecule has 1 heterocycles. The van der Waals surface area contributed by atoms with Crippen LogP contribution in [-0.4, -0.2) is 56.6 Å². The molecule has 1 aliphatic rings. The van der Waals surface area contributed by atoms with E-state index < -0.39 is 9.84 Å². The van der Waals surface area contributed by atoms with Gasteiger partial charge in [0.1, 0.15) is 0 Å². The van der Waals surface area contributed by atoms with Crippen LogP contribution in [0.3, 0.4) is 0 Å². The molecule has 3 aromatic rings. The largest absolute Gasteiger partial charge is 0.340 e. The van der Waals surface area contributed by atoms with Gasteiger partial charge < -0.3 is 4.90 Å². The zero-order valence-corrected chi connectivity index (χ0v) is 19.0. The van der Waals surface area contributed by atoms with E-state index in [0.29, 0.717) is 13.1 Å². The number of hydrogen-bond donors (Lipinski definition) is 0. The van der Waals surface area contributed by atoms with E-state index in [1.165, 1.54) is 17.4 Å². The van der Waals surface area contributed by atoms with E-state index in [0.717, 1.165) is 18.7 Å². The maximum Gasteiger partial charge on any atom is 0.227 e. The molecule has 0 N–H and O–H groups in total. The van der Waals surface area contributed by atoms with Gasteiger partial charge >= 0.3 is 0 Å². The van der Waals surface area contributed by atoms with Crippen LogP contribution in [0.15, 0.2) is 89.8 Å². The molecule has 4 rings (SSSR count). The maximum absolute atomic E-state index is 12.9. The highest BCUT2D eigenvalue weighted by molar-refractivity contribution is 7.90. The van der Waals surface area contributed by atoms with Crippen molar-refractivity contribution in [3.63, 3.8) is 0 Å². The summed E-state index contributed by atoms with van der Waals surface area (Å²) in [5.41, 5.74) is 3.34. The van der Waals surface area contributed by atoms with Crippen molar-refractivity contribution in [1.29, 1.82) is 0 Å². The molecule has 0 unspecified atom stereocenters. The highest BCUT2D eigenvalue weighted by atomic mass is 32.2. The minimum absolute atomic E-state index is 0.0766. The van der Waals surface area contributed by atoms with Crippen LogP contribution >= 0.6 is 0 Å². The first-order valence-corrected chi connectivity index (χ1v) is 12.7. The average Bonchev–Trinajstić information content (AvgIpc) is 2.81. The number of amides is 1. The number of hydrogen-bond acceptors (Lipinski definition) is 4. The lowest BCUT2D eigenvalue weighted by molar-refractivity contribution is -0.132. The van der Waals surface area contributed by atoms with Crippen LogP contribution in [0.25, 0.3) is 0 Å². The predicted molar refractivity (Wildman–Crippen MR) is 126 cm³/mol. The van der Waals surface area contributed by atoms with Crippen molar-refractivity contribution in [3.05, 3.63) is 102 Å². The first-order valence-electron chi connectivity index (χ1n) is 10.8. The van der Waals surface area contributed by atoms with E-state index in [2.05, 4.69) is 53.4 Å². The molecule has 0 saturated carbocycles. The molecule has 6 heteroatoms. The van der Waals surface area contributed by atoms with Crippen molar-refractivity contribution in [3.8, 4) is 0 Å². The van der Waals surface area contributed by atoms with Gasteiger partial charge in [0.05, 0.1) is 17.4 Å². The molecule has 1 amide bonds. The molecule has 0 radical (unpaired) electrons. The molecule has 0 bridgehead atoms. The van der Waals surface area contributed by atoms with Gasteiger partial charge in [-0.15, -0.1) is 0 Å². The molecule has 166 valence electrons. The average molecular weight is 449 g/mol. The lowest BCUT2D eigenvalue weighted by Gasteiger charge is -2.40. The topological polar surface area (TPSA) is 57.7 Å². The molecule has 1 fully saturated rings. The predicted octanol–water partition coefficient (Wildman–Crippen LogP) is 3.57. The Morgan fingerprint density at radius 2 is 1.28 bits per heavy atom. The summed E-state index contributed by atoms with van der Waals surface area (Å²) in [4.78, 5) is 17.5. The molecule has 1 aliphatic heterocycles. The number of benzene rings is 3. The summed E-state index contributed by atoms with van der Waals surface area (Å²) in [6, 6.07) is 27.8. The van der Waals surface area contributed by atoms with Crippen LogP contribution < -0.4 is 0 Å². The smallest absolute Gasteiger partial charge is 0.227 e. The first-order chi connectivity index (χ1) is 15.4. The third kappa shape index (κ3) is 5.26. The standard InChI is InChI=1S/C26H28N2O3S/c1-32(30,31)24-14-12-21(13-15-24)20-25(29)27-16-18-28(19-17-27)26(22-8-4-2-5-9-22)23-10-6-3-7-11-23/h2-15,26H,16-20H2,1H3. The Morgan fingerprint density at radius 1 is 0.781 bits per heavy atom. The van der Waals surface area contributed by atoms with Crippen molar-refractivity contribution in [2.24, 2.45) is 0 Å². The van der Waals surface area contributed by atoms with Gasteiger partial charge in [0.2, 0.25) is 5.91 Å². The Kier molecular flexibility index (Phi) is 6.72. The number of sulfone groups is 1. The van der Waals surface area contributed by atoms with Crippen molar-refractivity contribution in [2.45, 2.75) is 17.4 Å². The maximum atomic E-state index is 12.9. The van der Waals surface area contributed by atoms with Crippen LogP contribution in [0.5, 0.6) is 0 Å². The van der Waals surface area contributed by atoms with Gasteiger partial charge in [-0.05, 0) is 28.8 Å². The van der Waals surface area contributed by atoms with E-state index in [1.807, 2.05) is 17.0 Å². The second-order valence-corrected chi connectivity index (χ2v) is 10.2. The lowest BCUT2D eigenvalue weighted by atomic mass is 9.96. The zero-order valence-electron chi connectivity index (χ0n) is 18.2. The zero-order chi connectivity index (χ0) is 22.6. The number of carbonyl (C=O) groups excluding carboxylic acids is 1. The van der Waals surface area contributed by atoms with Crippen molar-refractivity contribution >= 4 is 15.7 Å². The molecular weight excluding hydrogens is 420 g/mol. The first kappa shape index (κ1) is 22.2. The second-order valence-electron chi connectivity index (χ2n) is 8.23. The fraction of sp³-hybridized carbons (Fsp3) is 0.269. The summed E-state index contributed by atoms with van der Waals surface area (Å²) in [6.45, 7) is 2.95. The molecule has 0 spiro atoms. The summed E-state index contributed by atoms with van der Waals surface area (Å²) < 4.78 is 23.2. The molecule has 5 nitrogen and oxygen atoms in total. The van der Waals surface area contributed by atoms with Gasteiger partial charge in [-0.1, -0.05) is 72.8 Å². The van der Waals surface area contributed by atoms with E-state index in [1.54, 1.807) is 24.3 Å². The number of nitrogens with zero attached hydrogens (tertiary/aromatic N) is 2. The Morgan fingerprint density at radius 3 is 1.75 bits per heavy atom. The molecule has 0 aromatic heterocycles. The van der Waals surface area contributed by atoms with Gasteiger partial charge in [0, 0.05) is 32.4 Å². The van der Waals surface area contributed by atoms with E-state index in [-0.39, 0.29) is 23.3 Å². The summed E-state index contributed by atoms with van der Waals surface area (Å²) in [5.74, 6) is 0.0766.